The Morgan fingerprint density at radius 3 is 2.64 bits per heavy atom. The van der Waals surface area contributed by atoms with E-state index in [-0.39, 0.29) is 0 Å². The van der Waals surface area contributed by atoms with Crippen molar-refractivity contribution in [1.82, 2.24) is 0 Å². The smallest absolute Gasteiger partial charge is 0.00899 e. The van der Waals surface area contributed by atoms with E-state index in [9.17, 15) is 0 Å². The number of hydrogen-bond acceptors (Lipinski definition) is 2. The minimum atomic E-state index is 0.800. The van der Waals surface area contributed by atoms with E-state index < -0.39 is 0 Å². The molecular formula is C12H25NS. The summed E-state index contributed by atoms with van der Waals surface area (Å²) in [7, 11) is 0. The first-order valence-electron chi connectivity index (χ1n) is 6.13. The lowest BCUT2D eigenvalue weighted by molar-refractivity contribution is 0.284. The number of rotatable bonds is 5. The Labute approximate surface area is 93.2 Å². The topological polar surface area (TPSA) is 26.0 Å². The van der Waals surface area contributed by atoms with E-state index in [1.54, 1.807) is 0 Å². The van der Waals surface area contributed by atoms with Crippen LogP contribution in [0.4, 0.5) is 0 Å². The molecule has 0 amide bonds. The van der Waals surface area contributed by atoms with E-state index in [0.717, 1.165) is 23.6 Å². The van der Waals surface area contributed by atoms with Crippen LogP contribution in [0.5, 0.6) is 0 Å². The summed E-state index contributed by atoms with van der Waals surface area (Å²) in [5, 5.41) is 0.860. The molecule has 1 fully saturated rings. The summed E-state index contributed by atoms with van der Waals surface area (Å²) in [5.74, 6) is 3.10. The molecule has 0 saturated heterocycles. The second-order valence-corrected chi connectivity index (χ2v) is 5.84. The lowest BCUT2D eigenvalue weighted by Gasteiger charge is -2.35. The highest BCUT2D eigenvalue weighted by atomic mass is 32.2. The highest BCUT2D eigenvalue weighted by molar-refractivity contribution is 7.99. The molecule has 0 spiro atoms. The van der Waals surface area contributed by atoms with Gasteiger partial charge in [-0.1, -0.05) is 26.7 Å². The average Bonchev–Trinajstić information content (AvgIpc) is 2.25. The van der Waals surface area contributed by atoms with Gasteiger partial charge in [-0.15, -0.1) is 0 Å². The van der Waals surface area contributed by atoms with Gasteiger partial charge in [0.15, 0.2) is 0 Å². The summed E-state index contributed by atoms with van der Waals surface area (Å²) in [5.41, 5.74) is 5.84. The fraction of sp³-hybridized carbons (Fsp3) is 1.00. The Balaban J connectivity index is 2.38. The molecule has 1 saturated carbocycles. The molecule has 0 aliphatic heterocycles. The van der Waals surface area contributed by atoms with E-state index in [0.29, 0.717) is 0 Å². The summed E-state index contributed by atoms with van der Waals surface area (Å²) in [4.78, 5) is 0. The Bertz CT molecular complexity index is 149. The van der Waals surface area contributed by atoms with Crippen LogP contribution in [-0.2, 0) is 0 Å². The number of hydrogen-bond donors (Lipinski definition) is 1. The normalized spacial score (nSPS) is 33.2. The van der Waals surface area contributed by atoms with Gasteiger partial charge in [-0.05, 0) is 43.4 Å². The van der Waals surface area contributed by atoms with E-state index in [1.807, 2.05) is 0 Å². The van der Waals surface area contributed by atoms with Gasteiger partial charge in [0.2, 0.25) is 0 Å². The maximum atomic E-state index is 5.84. The minimum Gasteiger partial charge on any atom is -0.330 e. The van der Waals surface area contributed by atoms with Crippen molar-refractivity contribution in [3.05, 3.63) is 0 Å². The first-order chi connectivity index (χ1) is 6.81. The highest BCUT2D eigenvalue weighted by Crippen LogP contribution is 2.37. The Kier molecular flexibility index (Phi) is 5.95. The van der Waals surface area contributed by atoms with Crippen LogP contribution in [0.15, 0.2) is 0 Å². The molecule has 1 aliphatic rings. The molecule has 0 aromatic carbocycles. The van der Waals surface area contributed by atoms with Gasteiger partial charge in [0.1, 0.15) is 0 Å². The van der Waals surface area contributed by atoms with E-state index in [2.05, 4.69) is 25.6 Å². The zero-order valence-corrected chi connectivity index (χ0v) is 10.5. The standard InChI is InChI=1S/C12H25NS/c1-3-7-14-12-8-10(4-2)5-6-11(12)9-13/h10-12H,3-9,13H2,1-2H3. The van der Waals surface area contributed by atoms with Crippen LogP contribution in [0.3, 0.4) is 0 Å². The van der Waals surface area contributed by atoms with Gasteiger partial charge < -0.3 is 5.73 Å². The largest absolute Gasteiger partial charge is 0.330 e. The first kappa shape index (κ1) is 12.4. The monoisotopic (exact) mass is 215 g/mol. The van der Waals surface area contributed by atoms with E-state index >= 15 is 0 Å². The molecule has 84 valence electrons. The third-order valence-corrected chi connectivity index (χ3v) is 5.10. The Morgan fingerprint density at radius 2 is 2.07 bits per heavy atom. The van der Waals surface area contributed by atoms with Crippen LogP contribution < -0.4 is 5.73 Å². The molecule has 1 nitrogen and oxygen atoms in total. The van der Waals surface area contributed by atoms with E-state index in [1.165, 1.54) is 37.9 Å². The zero-order valence-electron chi connectivity index (χ0n) is 9.67. The molecule has 3 atom stereocenters. The number of nitrogens with two attached hydrogens (primary N) is 1. The van der Waals surface area contributed by atoms with Crippen LogP contribution in [0.2, 0.25) is 0 Å². The molecule has 0 radical (unpaired) electrons. The molecular weight excluding hydrogens is 190 g/mol. The third kappa shape index (κ3) is 3.47. The van der Waals surface area contributed by atoms with Crippen molar-refractivity contribution in [2.75, 3.05) is 12.3 Å². The summed E-state index contributed by atoms with van der Waals surface area (Å²) in [6.07, 6.45) is 6.87. The fourth-order valence-electron chi connectivity index (χ4n) is 2.39. The molecule has 3 unspecified atom stereocenters. The van der Waals surface area contributed by atoms with Crippen LogP contribution in [0.25, 0.3) is 0 Å². The third-order valence-electron chi connectivity index (χ3n) is 3.45. The molecule has 0 aromatic rings. The van der Waals surface area contributed by atoms with Gasteiger partial charge in [-0.2, -0.15) is 11.8 Å². The molecule has 0 aromatic heterocycles. The van der Waals surface area contributed by atoms with Crippen molar-refractivity contribution >= 4 is 11.8 Å². The summed E-state index contributed by atoms with van der Waals surface area (Å²) >= 11 is 2.17. The van der Waals surface area contributed by atoms with Crippen molar-refractivity contribution in [3.8, 4) is 0 Å². The summed E-state index contributed by atoms with van der Waals surface area (Å²) in [6, 6.07) is 0. The van der Waals surface area contributed by atoms with Crippen LogP contribution in [0, 0.1) is 11.8 Å². The molecule has 0 bridgehead atoms. The lowest BCUT2D eigenvalue weighted by Crippen LogP contribution is -2.32. The maximum Gasteiger partial charge on any atom is 0.00899 e. The Morgan fingerprint density at radius 1 is 1.29 bits per heavy atom. The molecule has 2 N–H and O–H groups in total. The second kappa shape index (κ2) is 6.73. The molecule has 1 rings (SSSR count). The SMILES string of the molecule is CCCSC1CC(CC)CCC1CN. The maximum absolute atomic E-state index is 5.84. The Hall–Kier alpha value is 0.310. The van der Waals surface area contributed by atoms with Crippen LogP contribution in [-0.4, -0.2) is 17.5 Å². The molecule has 14 heavy (non-hydrogen) atoms. The predicted molar refractivity (Wildman–Crippen MR) is 66.7 cm³/mol. The van der Waals surface area contributed by atoms with Crippen molar-refractivity contribution in [3.63, 3.8) is 0 Å². The van der Waals surface area contributed by atoms with Gasteiger partial charge in [-0.3, -0.25) is 0 Å². The first-order valence-corrected chi connectivity index (χ1v) is 7.18. The van der Waals surface area contributed by atoms with Gasteiger partial charge in [-0.25, -0.2) is 0 Å². The fourth-order valence-corrected chi connectivity index (χ4v) is 3.85. The van der Waals surface area contributed by atoms with Crippen LogP contribution >= 0.6 is 11.8 Å². The van der Waals surface area contributed by atoms with Crippen molar-refractivity contribution < 1.29 is 0 Å². The van der Waals surface area contributed by atoms with Crippen molar-refractivity contribution in [2.45, 2.75) is 51.2 Å². The summed E-state index contributed by atoms with van der Waals surface area (Å²) < 4.78 is 0. The average molecular weight is 215 g/mol. The zero-order chi connectivity index (χ0) is 10.4. The predicted octanol–water partition coefficient (Wildman–Crippen LogP) is 3.28. The van der Waals surface area contributed by atoms with Crippen molar-refractivity contribution in [1.29, 1.82) is 0 Å². The van der Waals surface area contributed by atoms with Gasteiger partial charge in [0.05, 0.1) is 0 Å². The minimum absolute atomic E-state index is 0.800. The van der Waals surface area contributed by atoms with Crippen molar-refractivity contribution in [2.24, 2.45) is 17.6 Å². The molecule has 1 aliphatic carbocycles. The van der Waals surface area contributed by atoms with Gasteiger partial charge in [0.25, 0.3) is 0 Å². The number of thioether (sulfide) groups is 1. The van der Waals surface area contributed by atoms with Crippen LogP contribution in [0.1, 0.15) is 46.0 Å². The quantitative estimate of drug-likeness (QED) is 0.761. The van der Waals surface area contributed by atoms with Gasteiger partial charge >= 0.3 is 0 Å². The molecule has 0 heterocycles. The lowest BCUT2D eigenvalue weighted by atomic mass is 9.80. The van der Waals surface area contributed by atoms with Gasteiger partial charge in [0, 0.05) is 5.25 Å². The second-order valence-electron chi connectivity index (χ2n) is 4.49. The summed E-state index contributed by atoms with van der Waals surface area (Å²) in [6.45, 7) is 5.50. The highest BCUT2D eigenvalue weighted by Gasteiger charge is 2.28. The van der Waals surface area contributed by atoms with E-state index in [4.69, 9.17) is 5.73 Å². The molecule has 2 heteroatoms.